The van der Waals surface area contributed by atoms with E-state index in [4.69, 9.17) is 4.74 Å². The van der Waals surface area contributed by atoms with Crippen molar-refractivity contribution in [3.05, 3.63) is 0 Å². The Balaban J connectivity index is 1.67. The first-order chi connectivity index (χ1) is 8.60. The Morgan fingerprint density at radius 2 is 2.00 bits per heavy atom. The number of nitrogens with zero attached hydrogens (tertiary/aromatic N) is 1. The molecule has 0 radical (unpaired) electrons. The summed E-state index contributed by atoms with van der Waals surface area (Å²) in [6.07, 6.45) is 8.54. The largest absolute Gasteiger partial charge is 0.377 e. The van der Waals surface area contributed by atoms with Gasteiger partial charge in [-0.25, -0.2) is 0 Å². The van der Waals surface area contributed by atoms with Gasteiger partial charge in [0.15, 0.2) is 0 Å². The normalized spacial score (nSPS) is 35.3. The minimum Gasteiger partial charge on any atom is -0.377 e. The van der Waals surface area contributed by atoms with Crippen molar-refractivity contribution in [3.63, 3.8) is 0 Å². The van der Waals surface area contributed by atoms with Crippen molar-refractivity contribution >= 4 is 0 Å². The molecule has 3 nitrogen and oxygen atoms in total. The number of hydrogen-bond acceptors (Lipinski definition) is 3. The van der Waals surface area contributed by atoms with Gasteiger partial charge in [-0.1, -0.05) is 12.8 Å². The van der Waals surface area contributed by atoms with Crippen LogP contribution in [-0.2, 0) is 4.74 Å². The Morgan fingerprint density at radius 3 is 2.67 bits per heavy atom. The molecule has 1 aliphatic carbocycles. The summed E-state index contributed by atoms with van der Waals surface area (Å²) < 4.78 is 5.84. The highest BCUT2D eigenvalue weighted by Crippen LogP contribution is 2.36. The van der Waals surface area contributed by atoms with E-state index in [2.05, 4.69) is 24.1 Å². The van der Waals surface area contributed by atoms with Crippen LogP contribution in [0.4, 0.5) is 0 Å². The Morgan fingerprint density at radius 1 is 1.22 bits per heavy atom. The number of piperazine rings is 1. The Hall–Kier alpha value is -0.120. The predicted octanol–water partition coefficient (Wildman–Crippen LogP) is 2.16. The molecule has 3 rings (SSSR count). The van der Waals surface area contributed by atoms with Crippen molar-refractivity contribution in [3.8, 4) is 0 Å². The van der Waals surface area contributed by atoms with E-state index in [-0.39, 0.29) is 5.54 Å². The van der Waals surface area contributed by atoms with Crippen molar-refractivity contribution in [2.45, 2.75) is 69.6 Å². The van der Waals surface area contributed by atoms with E-state index < -0.39 is 0 Å². The molecule has 0 amide bonds. The summed E-state index contributed by atoms with van der Waals surface area (Å²) in [5.74, 6) is 0. The highest BCUT2D eigenvalue weighted by molar-refractivity contribution is 5.04. The van der Waals surface area contributed by atoms with Crippen molar-refractivity contribution in [2.75, 3.05) is 26.2 Å². The lowest BCUT2D eigenvalue weighted by Crippen LogP contribution is -2.68. The van der Waals surface area contributed by atoms with Crippen molar-refractivity contribution < 1.29 is 4.74 Å². The third kappa shape index (κ3) is 2.45. The SMILES string of the molecule is CC1(C)CNC2(CCCC2)CN1CC1CCCO1. The highest BCUT2D eigenvalue weighted by atomic mass is 16.5. The monoisotopic (exact) mass is 252 g/mol. The molecule has 3 fully saturated rings. The standard InChI is InChI=1S/C15H28N2O/c1-14(2)11-16-15(7-3-4-8-15)12-17(14)10-13-6-5-9-18-13/h13,16H,3-12H2,1-2H3. The average Bonchev–Trinajstić information content (AvgIpc) is 2.97. The van der Waals surface area contributed by atoms with Gasteiger partial charge in [-0.2, -0.15) is 0 Å². The Bertz CT molecular complexity index is 291. The summed E-state index contributed by atoms with van der Waals surface area (Å²) in [6.45, 7) is 9.20. The van der Waals surface area contributed by atoms with Crippen LogP contribution in [0, 0.1) is 0 Å². The molecule has 1 saturated carbocycles. The van der Waals surface area contributed by atoms with Gasteiger partial charge in [-0.05, 0) is 39.5 Å². The van der Waals surface area contributed by atoms with Gasteiger partial charge in [-0.15, -0.1) is 0 Å². The lowest BCUT2D eigenvalue weighted by Gasteiger charge is -2.51. The van der Waals surface area contributed by atoms with Crippen LogP contribution in [0.1, 0.15) is 52.4 Å². The number of hydrogen-bond donors (Lipinski definition) is 1. The number of nitrogens with one attached hydrogen (secondary N) is 1. The fraction of sp³-hybridized carbons (Fsp3) is 1.00. The number of ether oxygens (including phenoxy) is 1. The maximum atomic E-state index is 5.84. The molecule has 0 aromatic rings. The van der Waals surface area contributed by atoms with E-state index in [1.165, 1.54) is 45.1 Å². The van der Waals surface area contributed by atoms with Gasteiger partial charge in [0.05, 0.1) is 6.10 Å². The Labute approximate surface area is 111 Å². The second kappa shape index (κ2) is 4.77. The van der Waals surface area contributed by atoms with Crippen LogP contribution in [-0.4, -0.2) is 48.3 Å². The van der Waals surface area contributed by atoms with Gasteiger partial charge in [0.1, 0.15) is 0 Å². The molecular weight excluding hydrogens is 224 g/mol. The zero-order valence-electron chi connectivity index (χ0n) is 12.0. The van der Waals surface area contributed by atoms with Crippen LogP contribution >= 0.6 is 0 Å². The summed E-state index contributed by atoms with van der Waals surface area (Å²) in [6, 6.07) is 0. The highest BCUT2D eigenvalue weighted by Gasteiger charge is 2.44. The topological polar surface area (TPSA) is 24.5 Å². The van der Waals surface area contributed by atoms with Gasteiger partial charge in [0.25, 0.3) is 0 Å². The van der Waals surface area contributed by atoms with Crippen molar-refractivity contribution in [1.29, 1.82) is 0 Å². The summed E-state index contributed by atoms with van der Waals surface area (Å²) in [5.41, 5.74) is 0.702. The first-order valence-corrected chi connectivity index (χ1v) is 7.71. The lowest BCUT2D eigenvalue weighted by atomic mass is 9.87. The predicted molar refractivity (Wildman–Crippen MR) is 73.8 cm³/mol. The molecule has 1 unspecified atom stereocenters. The molecule has 18 heavy (non-hydrogen) atoms. The number of rotatable bonds is 2. The summed E-state index contributed by atoms with van der Waals surface area (Å²) in [5, 5.41) is 3.86. The Kier molecular flexibility index (Phi) is 3.41. The fourth-order valence-electron chi connectivity index (χ4n) is 3.88. The smallest absolute Gasteiger partial charge is 0.0703 e. The molecule has 1 N–H and O–H groups in total. The second-order valence-electron chi connectivity index (χ2n) is 7.17. The lowest BCUT2D eigenvalue weighted by molar-refractivity contribution is -0.0133. The molecule has 0 bridgehead atoms. The van der Waals surface area contributed by atoms with Gasteiger partial charge in [0, 0.05) is 37.3 Å². The molecule has 104 valence electrons. The van der Waals surface area contributed by atoms with E-state index in [1.54, 1.807) is 0 Å². The van der Waals surface area contributed by atoms with E-state index in [1.807, 2.05) is 0 Å². The van der Waals surface area contributed by atoms with Crippen LogP contribution in [0.5, 0.6) is 0 Å². The van der Waals surface area contributed by atoms with Gasteiger partial charge >= 0.3 is 0 Å². The van der Waals surface area contributed by atoms with Crippen LogP contribution in [0.15, 0.2) is 0 Å². The first-order valence-electron chi connectivity index (χ1n) is 7.71. The van der Waals surface area contributed by atoms with E-state index in [0.717, 1.165) is 19.7 Å². The van der Waals surface area contributed by atoms with Crippen LogP contribution < -0.4 is 5.32 Å². The maximum absolute atomic E-state index is 5.84. The molecule has 0 aromatic carbocycles. The molecule has 2 heterocycles. The average molecular weight is 252 g/mol. The van der Waals surface area contributed by atoms with Crippen LogP contribution in [0.25, 0.3) is 0 Å². The molecule has 1 spiro atoms. The summed E-state index contributed by atoms with van der Waals surface area (Å²) in [4.78, 5) is 2.70. The molecule has 1 atom stereocenters. The van der Waals surface area contributed by atoms with Crippen molar-refractivity contribution in [1.82, 2.24) is 10.2 Å². The van der Waals surface area contributed by atoms with Gasteiger partial charge < -0.3 is 10.1 Å². The second-order valence-corrected chi connectivity index (χ2v) is 7.17. The minimum absolute atomic E-state index is 0.278. The summed E-state index contributed by atoms with van der Waals surface area (Å²) >= 11 is 0. The molecule has 2 saturated heterocycles. The van der Waals surface area contributed by atoms with E-state index >= 15 is 0 Å². The maximum Gasteiger partial charge on any atom is 0.0703 e. The fourth-order valence-corrected chi connectivity index (χ4v) is 3.88. The zero-order chi connectivity index (χ0) is 12.6. The van der Waals surface area contributed by atoms with E-state index in [9.17, 15) is 0 Å². The molecule has 3 heteroatoms. The van der Waals surface area contributed by atoms with Crippen LogP contribution in [0.2, 0.25) is 0 Å². The van der Waals surface area contributed by atoms with Gasteiger partial charge in [-0.3, -0.25) is 4.90 Å². The third-order valence-corrected chi connectivity index (χ3v) is 5.25. The molecule has 2 aliphatic heterocycles. The quantitative estimate of drug-likeness (QED) is 0.815. The first kappa shape index (κ1) is 12.9. The third-order valence-electron chi connectivity index (χ3n) is 5.25. The van der Waals surface area contributed by atoms with Crippen molar-refractivity contribution in [2.24, 2.45) is 0 Å². The zero-order valence-corrected chi connectivity index (χ0v) is 12.0. The van der Waals surface area contributed by atoms with E-state index in [0.29, 0.717) is 11.6 Å². The van der Waals surface area contributed by atoms with Gasteiger partial charge in [0.2, 0.25) is 0 Å². The molecule has 3 aliphatic rings. The molecule has 0 aromatic heterocycles. The molecular formula is C15H28N2O. The summed E-state index contributed by atoms with van der Waals surface area (Å²) in [7, 11) is 0. The minimum atomic E-state index is 0.278. The van der Waals surface area contributed by atoms with Crippen LogP contribution in [0.3, 0.4) is 0 Å².